The molecule has 1 N–H and O–H groups in total. The molecule has 0 aromatic heterocycles. The summed E-state index contributed by atoms with van der Waals surface area (Å²) in [6, 6.07) is 0. The molecule has 0 radical (unpaired) electrons. The number of likely N-dealkylation sites (tertiary alicyclic amines) is 1. The monoisotopic (exact) mass is 253 g/mol. The molecule has 1 unspecified atom stereocenters. The first-order chi connectivity index (χ1) is 8.74. The Morgan fingerprint density at radius 2 is 2.00 bits per heavy atom. The molecule has 2 aliphatic heterocycles. The van der Waals surface area contributed by atoms with Gasteiger partial charge in [-0.25, -0.2) is 0 Å². The lowest BCUT2D eigenvalue weighted by atomic mass is 9.91. The van der Waals surface area contributed by atoms with Crippen molar-refractivity contribution in [2.24, 2.45) is 0 Å². The number of hydrogen-bond acceptors (Lipinski definition) is 3. The molecule has 18 heavy (non-hydrogen) atoms. The lowest BCUT2D eigenvalue weighted by Crippen LogP contribution is -2.49. The molecule has 0 spiro atoms. The van der Waals surface area contributed by atoms with E-state index < -0.39 is 0 Å². The van der Waals surface area contributed by atoms with Gasteiger partial charge in [0.1, 0.15) is 0 Å². The Kier molecular flexibility index (Phi) is 5.46. The van der Waals surface area contributed by atoms with E-state index >= 15 is 0 Å². The van der Waals surface area contributed by atoms with Crippen LogP contribution in [0, 0.1) is 0 Å². The molecule has 0 aromatic rings. The quantitative estimate of drug-likeness (QED) is 0.748. The predicted octanol–water partition coefficient (Wildman–Crippen LogP) is 1.94. The molecule has 3 heteroatoms. The van der Waals surface area contributed by atoms with Crippen LogP contribution in [-0.2, 0) is 0 Å². The third-order valence-electron chi connectivity index (χ3n) is 4.63. The standard InChI is InChI=1S/C15H31N3/c1-3-7-15(8-6-9-16-15)14-17(2)12-13-18-10-4-5-11-18/h16H,3-14H2,1-2H3. The van der Waals surface area contributed by atoms with Gasteiger partial charge in [0, 0.05) is 25.2 Å². The van der Waals surface area contributed by atoms with Crippen LogP contribution in [0.25, 0.3) is 0 Å². The highest BCUT2D eigenvalue weighted by Gasteiger charge is 2.33. The average Bonchev–Trinajstić information content (AvgIpc) is 2.98. The van der Waals surface area contributed by atoms with E-state index in [0.29, 0.717) is 5.54 Å². The van der Waals surface area contributed by atoms with E-state index in [9.17, 15) is 0 Å². The van der Waals surface area contributed by atoms with Crippen LogP contribution in [-0.4, -0.2) is 61.7 Å². The summed E-state index contributed by atoms with van der Waals surface area (Å²) >= 11 is 0. The zero-order valence-electron chi connectivity index (χ0n) is 12.4. The van der Waals surface area contributed by atoms with Crippen molar-refractivity contribution in [3.05, 3.63) is 0 Å². The Balaban J connectivity index is 1.72. The maximum Gasteiger partial charge on any atom is 0.0309 e. The largest absolute Gasteiger partial charge is 0.310 e. The van der Waals surface area contributed by atoms with Crippen molar-refractivity contribution in [1.82, 2.24) is 15.1 Å². The summed E-state index contributed by atoms with van der Waals surface area (Å²) in [5.74, 6) is 0. The number of nitrogens with zero attached hydrogens (tertiary/aromatic N) is 2. The summed E-state index contributed by atoms with van der Waals surface area (Å²) in [7, 11) is 2.30. The first-order valence-electron chi connectivity index (χ1n) is 7.90. The smallest absolute Gasteiger partial charge is 0.0309 e. The summed E-state index contributed by atoms with van der Waals surface area (Å²) in [6.07, 6.45) is 8.18. The van der Waals surface area contributed by atoms with E-state index in [1.807, 2.05) is 0 Å². The minimum absolute atomic E-state index is 0.425. The van der Waals surface area contributed by atoms with Crippen molar-refractivity contribution >= 4 is 0 Å². The van der Waals surface area contributed by atoms with Gasteiger partial charge >= 0.3 is 0 Å². The fourth-order valence-electron chi connectivity index (χ4n) is 3.69. The molecule has 1 atom stereocenters. The molecule has 2 saturated heterocycles. The molecule has 0 amide bonds. The molecular weight excluding hydrogens is 222 g/mol. The van der Waals surface area contributed by atoms with E-state index in [0.717, 1.165) is 0 Å². The van der Waals surface area contributed by atoms with E-state index in [1.54, 1.807) is 0 Å². The molecule has 0 aromatic carbocycles. The fourth-order valence-corrected chi connectivity index (χ4v) is 3.69. The Hall–Kier alpha value is -0.120. The van der Waals surface area contributed by atoms with Gasteiger partial charge in [-0.05, 0) is 58.8 Å². The lowest BCUT2D eigenvalue weighted by Gasteiger charge is -2.34. The van der Waals surface area contributed by atoms with Crippen molar-refractivity contribution in [2.75, 3.05) is 46.3 Å². The van der Waals surface area contributed by atoms with Crippen LogP contribution in [0.1, 0.15) is 45.4 Å². The Bertz CT molecular complexity index is 230. The van der Waals surface area contributed by atoms with Gasteiger partial charge in [-0.3, -0.25) is 0 Å². The number of nitrogens with one attached hydrogen (secondary N) is 1. The second-order valence-electron chi connectivity index (χ2n) is 6.35. The van der Waals surface area contributed by atoms with Crippen LogP contribution in [0.2, 0.25) is 0 Å². The first kappa shape index (κ1) is 14.3. The van der Waals surface area contributed by atoms with Crippen LogP contribution in [0.5, 0.6) is 0 Å². The summed E-state index contributed by atoms with van der Waals surface area (Å²) in [5.41, 5.74) is 0.425. The maximum atomic E-state index is 3.77. The highest BCUT2D eigenvalue weighted by atomic mass is 15.2. The highest BCUT2D eigenvalue weighted by Crippen LogP contribution is 2.25. The molecule has 3 nitrogen and oxygen atoms in total. The summed E-state index contributed by atoms with van der Waals surface area (Å²) in [4.78, 5) is 5.16. The summed E-state index contributed by atoms with van der Waals surface area (Å²) < 4.78 is 0. The van der Waals surface area contributed by atoms with Crippen LogP contribution in [0.3, 0.4) is 0 Å². The molecule has 2 fully saturated rings. The minimum atomic E-state index is 0.425. The van der Waals surface area contributed by atoms with Crippen molar-refractivity contribution in [3.63, 3.8) is 0 Å². The maximum absolute atomic E-state index is 3.77. The van der Waals surface area contributed by atoms with E-state index in [1.165, 1.54) is 77.8 Å². The second-order valence-corrected chi connectivity index (χ2v) is 6.35. The van der Waals surface area contributed by atoms with Gasteiger partial charge in [0.05, 0.1) is 0 Å². The molecule has 2 heterocycles. The zero-order valence-corrected chi connectivity index (χ0v) is 12.4. The fraction of sp³-hybridized carbons (Fsp3) is 1.00. The van der Waals surface area contributed by atoms with Crippen molar-refractivity contribution in [2.45, 2.75) is 51.0 Å². The first-order valence-corrected chi connectivity index (χ1v) is 7.90. The van der Waals surface area contributed by atoms with Crippen LogP contribution < -0.4 is 5.32 Å². The van der Waals surface area contributed by atoms with Gasteiger partial charge < -0.3 is 15.1 Å². The molecular formula is C15H31N3. The van der Waals surface area contributed by atoms with Gasteiger partial charge in [0.15, 0.2) is 0 Å². The Morgan fingerprint density at radius 1 is 1.22 bits per heavy atom. The van der Waals surface area contributed by atoms with Gasteiger partial charge in [-0.2, -0.15) is 0 Å². The molecule has 0 aliphatic carbocycles. The van der Waals surface area contributed by atoms with Crippen LogP contribution in [0.15, 0.2) is 0 Å². The van der Waals surface area contributed by atoms with Gasteiger partial charge in [-0.15, -0.1) is 0 Å². The summed E-state index contributed by atoms with van der Waals surface area (Å²) in [5, 5.41) is 3.77. The molecule has 0 bridgehead atoms. The number of rotatable bonds is 7. The highest BCUT2D eigenvalue weighted by molar-refractivity contribution is 4.94. The van der Waals surface area contributed by atoms with E-state index in [-0.39, 0.29) is 0 Å². The van der Waals surface area contributed by atoms with Gasteiger partial charge in [-0.1, -0.05) is 13.3 Å². The van der Waals surface area contributed by atoms with Crippen LogP contribution in [0.4, 0.5) is 0 Å². The molecule has 0 saturated carbocycles. The average molecular weight is 253 g/mol. The number of likely N-dealkylation sites (N-methyl/N-ethyl adjacent to an activating group) is 1. The molecule has 106 valence electrons. The lowest BCUT2D eigenvalue weighted by molar-refractivity contribution is 0.191. The zero-order chi connectivity index (χ0) is 12.8. The molecule has 2 aliphatic rings. The van der Waals surface area contributed by atoms with Crippen molar-refractivity contribution in [1.29, 1.82) is 0 Å². The van der Waals surface area contributed by atoms with Gasteiger partial charge in [0.2, 0.25) is 0 Å². The third kappa shape index (κ3) is 3.94. The third-order valence-corrected chi connectivity index (χ3v) is 4.63. The topological polar surface area (TPSA) is 18.5 Å². The van der Waals surface area contributed by atoms with Crippen molar-refractivity contribution < 1.29 is 0 Å². The molecule has 2 rings (SSSR count). The SMILES string of the molecule is CCCC1(CN(C)CCN2CCCC2)CCCN1. The minimum Gasteiger partial charge on any atom is -0.310 e. The van der Waals surface area contributed by atoms with Crippen LogP contribution >= 0.6 is 0 Å². The van der Waals surface area contributed by atoms with Crippen molar-refractivity contribution in [3.8, 4) is 0 Å². The van der Waals surface area contributed by atoms with E-state index in [2.05, 4.69) is 29.1 Å². The van der Waals surface area contributed by atoms with E-state index in [4.69, 9.17) is 0 Å². The predicted molar refractivity (Wildman–Crippen MR) is 78.0 cm³/mol. The Labute approximate surface area is 113 Å². The number of hydrogen-bond donors (Lipinski definition) is 1. The normalized spacial score (nSPS) is 29.5. The second kappa shape index (κ2) is 6.88. The van der Waals surface area contributed by atoms with Gasteiger partial charge in [0.25, 0.3) is 0 Å². The Morgan fingerprint density at radius 3 is 2.61 bits per heavy atom. The summed E-state index contributed by atoms with van der Waals surface area (Å²) in [6.45, 7) is 9.91.